The SMILES string of the molecule is CCc1cc(CC)c(CC)[cH-]1.CCc1cc(CC)c(CC)[cH-]1.[Fe+2]. The normalized spacial score (nSPS) is 10.0. The van der Waals surface area contributed by atoms with Crippen LogP contribution in [0.15, 0.2) is 24.3 Å². The van der Waals surface area contributed by atoms with Gasteiger partial charge in [0.15, 0.2) is 0 Å². The molecule has 0 heterocycles. The van der Waals surface area contributed by atoms with Crippen LogP contribution in [0.3, 0.4) is 0 Å². The molecule has 0 bridgehead atoms. The largest absolute Gasteiger partial charge is 2.00 e. The van der Waals surface area contributed by atoms with Crippen molar-refractivity contribution in [1.82, 2.24) is 0 Å². The monoisotopic (exact) mass is 354 g/mol. The smallest absolute Gasteiger partial charge is 0.207 e. The Kier molecular flexibility index (Phi) is 11.3. The Morgan fingerprint density at radius 1 is 0.565 bits per heavy atom. The maximum absolute atomic E-state index is 2.35. The van der Waals surface area contributed by atoms with Gasteiger partial charge in [0.1, 0.15) is 0 Å². The molecule has 0 amide bonds. The second-order valence-electron chi connectivity index (χ2n) is 5.95. The third-order valence-corrected chi connectivity index (χ3v) is 4.60. The summed E-state index contributed by atoms with van der Waals surface area (Å²) in [4.78, 5) is 0. The third-order valence-electron chi connectivity index (χ3n) is 4.60. The Labute approximate surface area is 154 Å². The van der Waals surface area contributed by atoms with Gasteiger partial charge >= 0.3 is 17.1 Å². The molecule has 0 aliphatic rings. The van der Waals surface area contributed by atoms with Crippen molar-refractivity contribution in [3.05, 3.63) is 57.6 Å². The summed E-state index contributed by atoms with van der Waals surface area (Å²) in [5, 5.41) is 0. The molecule has 0 fully saturated rings. The molecular formula is C22H34Fe. The Balaban J connectivity index is 0.000000403. The average Bonchev–Trinajstić information content (AvgIpc) is 3.17. The molecule has 1 heteroatoms. The van der Waals surface area contributed by atoms with Crippen molar-refractivity contribution in [1.29, 1.82) is 0 Å². The van der Waals surface area contributed by atoms with Gasteiger partial charge < -0.3 is 0 Å². The Hall–Kier alpha value is -0.781. The zero-order valence-electron chi connectivity index (χ0n) is 15.9. The maximum atomic E-state index is 2.35. The summed E-state index contributed by atoms with van der Waals surface area (Å²) >= 11 is 0. The van der Waals surface area contributed by atoms with Crippen LogP contribution in [0, 0.1) is 0 Å². The number of aryl methyl sites for hydroxylation is 6. The molecule has 0 spiro atoms. The first-order valence-corrected chi connectivity index (χ1v) is 9.17. The minimum absolute atomic E-state index is 0. The van der Waals surface area contributed by atoms with E-state index in [9.17, 15) is 0 Å². The van der Waals surface area contributed by atoms with Crippen LogP contribution in [-0.4, -0.2) is 0 Å². The third kappa shape index (κ3) is 6.32. The first-order valence-electron chi connectivity index (χ1n) is 9.17. The Morgan fingerprint density at radius 3 is 1.09 bits per heavy atom. The van der Waals surface area contributed by atoms with E-state index in [1.807, 2.05) is 0 Å². The van der Waals surface area contributed by atoms with Crippen LogP contribution in [0.1, 0.15) is 74.9 Å². The van der Waals surface area contributed by atoms with E-state index in [1.165, 1.54) is 49.7 Å². The Morgan fingerprint density at radius 2 is 0.913 bits per heavy atom. The molecule has 0 unspecified atom stereocenters. The van der Waals surface area contributed by atoms with Gasteiger partial charge in [0.25, 0.3) is 0 Å². The predicted octanol–water partition coefficient (Wildman–Crippen LogP) is 6.18. The van der Waals surface area contributed by atoms with Gasteiger partial charge in [0.2, 0.25) is 0 Å². The number of hydrogen-bond acceptors (Lipinski definition) is 0. The van der Waals surface area contributed by atoms with Crippen molar-refractivity contribution >= 4 is 0 Å². The molecule has 0 radical (unpaired) electrons. The van der Waals surface area contributed by atoms with Gasteiger partial charge in [-0.1, -0.05) is 80.1 Å². The molecule has 0 saturated heterocycles. The van der Waals surface area contributed by atoms with Crippen molar-refractivity contribution in [2.45, 2.75) is 80.1 Å². The molecule has 0 atom stereocenters. The standard InChI is InChI=1S/2C11H17.Fe/c2*1-4-9-7-10(5-2)11(6-3)8-9;/h2*7-8H,4-6H2,1-3H3;/q2*-1;+2. The van der Waals surface area contributed by atoms with E-state index in [0.29, 0.717) is 0 Å². The van der Waals surface area contributed by atoms with Crippen LogP contribution in [0.2, 0.25) is 0 Å². The number of hydrogen-bond donors (Lipinski definition) is 0. The summed E-state index contributed by atoms with van der Waals surface area (Å²) in [5.74, 6) is 0. The molecular weight excluding hydrogens is 320 g/mol. The van der Waals surface area contributed by atoms with Crippen LogP contribution in [0.5, 0.6) is 0 Å². The maximum Gasteiger partial charge on any atom is 2.00 e. The molecule has 0 nitrogen and oxygen atoms in total. The fourth-order valence-corrected chi connectivity index (χ4v) is 3.07. The zero-order chi connectivity index (χ0) is 16.5. The van der Waals surface area contributed by atoms with E-state index < -0.39 is 0 Å². The van der Waals surface area contributed by atoms with Gasteiger partial charge in [-0.3, -0.25) is 0 Å². The molecule has 0 aliphatic carbocycles. The van der Waals surface area contributed by atoms with Crippen LogP contribution in [0.25, 0.3) is 0 Å². The van der Waals surface area contributed by atoms with E-state index in [-0.39, 0.29) is 17.1 Å². The summed E-state index contributed by atoms with van der Waals surface area (Å²) in [6, 6.07) is 9.38. The summed E-state index contributed by atoms with van der Waals surface area (Å²) < 4.78 is 0. The molecule has 0 aromatic heterocycles. The average molecular weight is 354 g/mol. The van der Waals surface area contributed by atoms with Gasteiger partial charge in [-0.25, -0.2) is 12.1 Å². The van der Waals surface area contributed by atoms with Gasteiger partial charge in [0, 0.05) is 0 Å². The number of rotatable bonds is 6. The quantitative estimate of drug-likeness (QED) is 0.429. The van der Waals surface area contributed by atoms with E-state index in [0.717, 1.165) is 0 Å². The fourth-order valence-electron chi connectivity index (χ4n) is 3.07. The van der Waals surface area contributed by atoms with Crippen LogP contribution in [0.4, 0.5) is 0 Å². The second-order valence-corrected chi connectivity index (χ2v) is 5.95. The zero-order valence-corrected chi connectivity index (χ0v) is 17.0. The van der Waals surface area contributed by atoms with Crippen molar-refractivity contribution in [3.8, 4) is 0 Å². The molecule has 2 aromatic carbocycles. The first-order chi connectivity index (χ1) is 10.6. The summed E-state index contributed by atoms with van der Waals surface area (Å²) in [6.07, 6.45) is 7.08. The second kappa shape index (κ2) is 11.7. The van der Waals surface area contributed by atoms with Gasteiger partial charge in [0.05, 0.1) is 0 Å². The first kappa shape index (κ1) is 22.2. The molecule has 2 aromatic rings. The van der Waals surface area contributed by atoms with E-state index in [2.05, 4.69) is 65.8 Å². The van der Waals surface area contributed by atoms with Crippen molar-refractivity contribution in [3.63, 3.8) is 0 Å². The van der Waals surface area contributed by atoms with E-state index in [1.54, 1.807) is 22.3 Å². The van der Waals surface area contributed by atoms with Crippen LogP contribution in [-0.2, 0) is 55.6 Å². The molecule has 0 aliphatic heterocycles. The molecule has 2 rings (SSSR count). The summed E-state index contributed by atoms with van der Waals surface area (Å²) in [5.41, 5.74) is 9.18. The van der Waals surface area contributed by atoms with Crippen LogP contribution >= 0.6 is 0 Å². The predicted molar refractivity (Wildman–Crippen MR) is 100 cm³/mol. The minimum Gasteiger partial charge on any atom is -0.207 e. The fraction of sp³-hybridized carbons (Fsp3) is 0.545. The van der Waals surface area contributed by atoms with Crippen LogP contribution < -0.4 is 0 Å². The van der Waals surface area contributed by atoms with Crippen molar-refractivity contribution in [2.24, 2.45) is 0 Å². The van der Waals surface area contributed by atoms with E-state index >= 15 is 0 Å². The van der Waals surface area contributed by atoms with E-state index in [4.69, 9.17) is 0 Å². The molecule has 23 heavy (non-hydrogen) atoms. The molecule has 0 saturated carbocycles. The summed E-state index contributed by atoms with van der Waals surface area (Å²) in [6.45, 7) is 13.4. The van der Waals surface area contributed by atoms with Crippen molar-refractivity contribution < 1.29 is 17.1 Å². The topological polar surface area (TPSA) is 0 Å². The van der Waals surface area contributed by atoms with Crippen molar-refractivity contribution in [2.75, 3.05) is 0 Å². The molecule has 130 valence electrons. The summed E-state index contributed by atoms with van der Waals surface area (Å²) in [7, 11) is 0. The molecule has 0 N–H and O–H groups in total. The minimum atomic E-state index is 0. The van der Waals surface area contributed by atoms with Gasteiger partial charge in [-0.2, -0.15) is 45.5 Å². The van der Waals surface area contributed by atoms with Gasteiger partial charge in [-0.15, -0.1) is 0 Å². The van der Waals surface area contributed by atoms with Gasteiger partial charge in [-0.05, 0) is 0 Å². The Bertz CT molecular complexity index is 449.